The van der Waals surface area contributed by atoms with E-state index in [0.29, 0.717) is 23.2 Å². The highest BCUT2D eigenvalue weighted by atomic mass is 32.1. The predicted molar refractivity (Wildman–Crippen MR) is 66.0 cm³/mol. The van der Waals surface area contributed by atoms with Gasteiger partial charge in [-0.1, -0.05) is 11.3 Å². The van der Waals surface area contributed by atoms with E-state index in [1.54, 1.807) is 29.6 Å². The van der Waals surface area contributed by atoms with Crippen molar-refractivity contribution in [3.63, 3.8) is 0 Å². The number of hydrogen-bond acceptors (Lipinski definition) is 7. The second kappa shape index (κ2) is 4.03. The Kier molecular flexibility index (Phi) is 2.49. The molecule has 3 aromatic heterocycles. The largest absolute Gasteiger partial charge is 0.383 e. The first-order chi connectivity index (χ1) is 8.70. The highest BCUT2D eigenvalue weighted by molar-refractivity contribution is 7.19. The molecule has 0 unspecified atom stereocenters. The van der Waals surface area contributed by atoms with Crippen LogP contribution >= 0.6 is 11.3 Å². The quantitative estimate of drug-likeness (QED) is 0.732. The molecule has 3 rings (SSSR count). The summed E-state index contributed by atoms with van der Waals surface area (Å²) in [5.74, 6) is 1.24. The van der Waals surface area contributed by atoms with Crippen molar-refractivity contribution >= 4 is 22.1 Å². The number of nitrogens with two attached hydrogens (primary N) is 1. The van der Waals surface area contributed by atoms with Crippen LogP contribution in [0.4, 0.5) is 5.82 Å². The number of nitrogen functional groups attached to an aromatic ring is 1. The van der Waals surface area contributed by atoms with Crippen LogP contribution in [0.3, 0.4) is 0 Å². The third-order valence-electron chi connectivity index (χ3n) is 2.54. The molecule has 0 radical (unpaired) electrons. The maximum Gasteiger partial charge on any atom is 0.235 e. The lowest BCUT2D eigenvalue weighted by molar-refractivity contribution is 0.176. The molecule has 0 saturated carbocycles. The van der Waals surface area contributed by atoms with Crippen LogP contribution in [0.2, 0.25) is 0 Å². The molecule has 2 N–H and O–H groups in total. The molecular formula is C9H11N7OS. The van der Waals surface area contributed by atoms with E-state index in [0.717, 1.165) is 10.6 Å². The molecule has 9 heteroatoms. The van der Waals surface area contributed by atoms with Gasteiger partial charge in [-0.15, -0.1) is 10.2 Å². The molecule has 0 fully saturated rings. The van der Waals surface area contributed by atoms with Crippen molar-refractivity contribution in [2.75, 3.05) is 12.8 Å². The van der Waals surface area contributed by atoms with Crippen molar-refractivity contribution in [2.24, 2.45) is 7.05 Å². The van der Waals surface area contributed by atoms with Gasteiger partial charge in [-0.05, 0) is 0 Å². The van der Waals surface area contributed by atoms with Gasteiger partial charge in [0, 0.05) is 14.2 Å². The highest BCUT2D eigenvalue weighted by Gasteiger charge is 2.16. The lowest BCUT2D eigenvalue weighted by atomic mass is 10.3. The minimum Gasteiger partial charge on any atom is -0.383 e. The summed E-state index contributed by atoms with van der Waals surface area (Å²) < 4.78 is 8.30. The fourth-order valence-corrected chi connectivity index (χ4v) is 2.47. The Bertz CT molecular complexity index is 697. The summed E-state index contributed by atoms with van der Waals surface area (Å²) in [7, 11) is 3.39. The van der Waals surface area contributed by atoms with Crippen LogP contribution in [0, 0.1) is 0 Å². The average molecular weight is 265 g/mol. The Morgan fingerprint density at radius 3 is 2.94 bits per heavy atom. The Hall–Kier alpha value is -2.00. The Morgan fingerprint density at radius 1 is 1.44 bits per heavy atom. The van der Waals surface area contributed by atoms with E-state index in [1.165, 1.54) is 11.3 Å². The van der Waals surface area contributed by atoms with Gasteiger partial charge in [-0.3, -0.25) is 4.68 Å². The average Bonchev–Trinajstić information content (AvgIpc) is 2.99. The van der Waals surface area contributed by atoms with Crippen LogP contribution in [0.1, 0.15) is 5.82 Å². The Labute approximate surface area is 106 Å². The van der Waals surface area contributed by atoms with Gasteiger partial charge in [0.2, 0.25) is 4.96 Å². The predicted octanol–water partition coefficient (Wildman–Crippen LogP) is 0.315. The fraction of sp³-hybridized carbons (Fsp3) is 0.333. The first-order valence-corrected chi connectivity index (χ1v) is 6.00. The molecule has 18 heavy (non-hydrogen) atoms. The number of hydrogen-bond donors (Lipinski definition) is 1. The summed E-state index contributed by atoms with van der Waals surface area (Å²) in [4.78, 5) is 0.709. The van der Waals surface area contributed by atoms with E-state index in [9.17, 15) is 0 Å². The van der Waals surface area contributed by atoms with E-state index in [-0.39, 0.29) is 0 Å². The smallest absolute Gasteiger partial charge is 0.235 e. The third-order valence-corrected chi connectivity index (χ3v) is 3.48. The maximum atomic E-state index is 5.92. The van der Waals surface area contributed by atoms with Crippen molar-refractivity contribution in [1.82, 2.24) is 29.6 Å². The van der Waals surface area contributed by atoms with E-state index >= 15 is 0 Å². The molecule has 0 aliphatic heterocycles. The fourth-order valence-electron chi connectivity index (χ4n) is 1.60. The molecule has 0 aromatic carbocycles. The van der Waals surface area contributed by atoms with Crippen molar-refractivity contribution in [2.45, 2.75) is 6.61 Å². The highest BCUT2D eigenvalue weighted by Crippen LogP contribution is 2.29. The van der Waals surface area contributed by atoms with Crippen LogP contribution in [0.25, 0.3) is 15.5 Å². The van der Waals surface area contributed by atoms with E-state index < -0.39 is 0 Å². The number of methoxy groups -OCH3 is 1. The summed E-state index contributed by atoms with van der Waals surface area (Å²) in [5, 5.41) is 17.3. The molecule has 94 valence electrons. The number of ether oxygens (including phenoxy) is 1. The zero-order valence-electron chi connectivity index (χ0n) is 9.86. The number of aromatic nitrogens is 6. The molecule has 0 bridgehead atoms. The summed E-state index contributed by atoms with van der Waals surface area (Å²) in [6.45, 7) is 0.368. The van der Waals surface area contributed by atoms with Crippen molar-refractivity contribution < 1.29 is 4.74 Å². The van der Waals surface area contributed by atoms with Gasteiger partial charge in [-0.2, -0.15) is 14.7 Å². The zero-order valence-corrected chi connectivity index (χ0v) is 10.7. The number of fused-ring (bicyclic) bond motifs is 1. The molecule has 0 aliphatic rings. The van der Waals surface area contributed by atoms with Gasteiger partial charge >= 0.3 is 0 Å². The van der Waals surface area contributed by atoms with Crippen LogP contribution in [-0.4, -0.2) is 36.7 Å². The van der Waals surface area contributed by atoms with Gasteiger partial charge in [0.05, 0.1) is 11.8 Å². The van der Waals surface area contributed by atoms with Gasteiger partial charge < -0.3 is 10.5 Å². The second-order valence-electron chi connectivity index (χ2n) is 3.72. The van der Waals surface area contributed by atoms with Gasteiger partial charge in [0.25, 0.3) is 0 Å². The lowest BCUT2D eigenvalue weighted by Gasteiger charge is -1.95. The number of aryl methyl sites for hydroxylation is 1. The van der Waals surface area contributed by atoms with Crippen molar-refractivity contribution in [1.29, 1.82) is 0 Å². The Morgan fingerprint density at radius 2 is 2.28 bits per heavy atom. The van der Waals surface area contributed by atoms with Gasteiger partial charge in [0.15, 0.2) is 10.8 Å². The summed E-state index contributed by atoms with van der Waals surface area (Å²) >= 11 is 1.41. The minimum atomic E-state index is 0.368. The SMILES string of the molecule is COCc1nnc2sc(-c3cnn(C)c3N)nn12. The zero-order chi connectivity index (χ0) is 12.7. The van der Waals surface area contributed by atoms with Crippen molar-refractivity contribution in [3.8, 4) is 10.6 Å². The Balaban J connectivity index is 2.11. The normalized spacial score (nSPS) is 11.4. The van der Waals surface area contributed by atoms with Crippen LogP contribution in [-0.2, 0) is 18.4 Å². The molecular weight excluding hydrogens is 254 g/mol. The molecule has 3 heterocycles. The third kappa shape index (κ3) is 1.56. The lowest BCUT2D eigenvalue weighted by Crippen LogP contribution is -1.99. The summed E-state index contributed by atoms with van der Waals surface area (Å²) in [6, 6.07) is 0. The first kappa shape index (κ1) is 11.1. The number of rotatable bonds is 3. The molecule has 3 aromatic rings. The monoisotopic (exact) mass is 265 g/mol. The molecule has 0 atom stereocenters. The molecule has 8 nitrogen and oxygen atoms in total. The van der Waals surface area contributed by atoms with E-state index in [2.05, 4.69) is 20.4 Å². The van der Waals surface area contributed by atoms with Crippen molar-refractivity contribution in [3.05, 3.63) is 12.0 Å². The standard InChI is InChI=1S/C9H11N7OS/c1-15-7(10)5(3-11-15)8-14-16-6(4-17-2)12-13-9(16)18-8/h3H,4,10H2,1-2H3. The second-order valence-corrected chi connectivity index (χ2v) is 4.67. The van der Waals surface area contributed by atoms with E-state index in [4.69, 9.17) is 10.5 Å². The molecule has 0 spiro atoms. The van der Waals surface area contributed by atoms with Crippen LogP contribution in [0.15, 0.2) is 6.20 Å². The van der Waals surface area contributed by atoms with Gasteiger partial charge in [-0.25, -0.2) is 0 Å². The molecule has 0 saturated heterocycles. The summed E-state index contributed by atoms with van der Waals surface area (Å²) in [6.07, 6.45) is 1.69. The van der Waals surface area contributed by atoms with Crippen LogP contribution < -0.4 is 5.73 Å². The number of nitrogens with zero attached hydrogens (tertiary/aromatic N) is 6. The van der Waals surface area contributed by atoms with E-state index in [1.807, 2.05) is 0 Å². The first-order valence-electron chi connectivity index (χ1n) is 5.18. The number of anilines is 1. The molecule has 0 amide bonds. The van der Waals surface area contributed by atoms with Gasteiger partial charge in [0.1, 0.15) is 12.4 Å². The minimum absolute atomic E-state index is 0.368. The topological polar surface area (TPSA) is 96.2 Å². The maximum absolute atomic E-state index is 5.92. The summed E-state index contributed by atoms with van der Waals surface area (Å²) in [5.41, 5.74) is 6.72. The van der Waals surface area contributed by atoms with Crippen LogP contribution in [0.5, 0.6) is 0 Å². The molecule has 0 aliphatic carbocycles.